The summed E-state index contributed by atoms with van der Waals surface area (Å²) in [4.78, 5) is 12.2. The van der Waals surface area contributed by atoms with E-state index in [0.717, 1.165) is 5.56 Å². The molecule has 0 heterocycles. The number of aliphatic hydroxyl groups is 1. The van der Waals surface area contributed by atoms with E-state index in [1.807, 2.05) is 6.92 Å². The van der Waals surface area contributed by atoms with Crippen LogP contribution in [0.5, 0.6) is 11.5 Å². The van der Waals surface area contributed by atoms with E-state index >= 15 is 0 Å². The maximum absolute atomic E-state index is 12.2. The predicted molar refractivity (Wildman–Crippen MR) is 73.7 cm³/mol. The summed E-state index contributed by atoms with van der Waals surface area (Å²) in [5.41, 5.74) is 0.654. The number of benzene rings is 1. The number of Topliss-reactive ketones (excluding diaryl/α,β-unsaturated/α-hetero) is 1. The van der Waals surface area contributed by atoms with Crippen molar-refractivity contribution in [2.45, 2.75) is 33.8 Å². The van der Waals surface area contributed by atoms with Crippen molar-refractivity contribution in [3.05, 3.63) is 23.3 Å². The second-order valence-corrected chi connectivity index (χ2v) is 5.58. The number of aryl methyl sites for hydroxylation is 1. The summed E-state index contributed by atoms with van der Waals surface area (Å²) in [5, 5.41) is 10.3. The molecule has 106 valence electrons. The van der Waals surface area contributed by atoms with Crippen LogP contribution in [0.25, 0.3) is 0 Å². The molecule has 1 atom stereocenters. The minimum Gasteiger partial charge on any atom is -0.497 e. The largest absolute Gasteiger partial charge is 0.497 e. The maximum atomic E-state index is 12.2. The van der Waals surface area contributed by atoms with E-state index in [4.69, 9.17) is 9.47 Å². The van der Waals surface area contributed by atoms with Crippen LogP contribution in [0.2, 0.25) is 0 Å². The van der Waals surface area contributed by atoms with E-state index in [9.17, 15) is 9.90 Å². The SMILES string of the molecule is COc1cc(C)c(C(O)C(=O)C(C)(C)C)c(OC)c1. The number of methoxy groups -OCH3 is 2. The number of hydrogen-bond acceptors (Lipinski definition) is 4. The Morgan fingerprint density at radius 1 is 1.21 bits per heavy atom. The molecular weight excluding hydrogens is 244 g/mol. The normalized spacial score (nSPS) is 13.0. The molecule has 0 amide bonds. The van der Waals surface area contributed by atoms with Crippen molar-refractivity contribution >= 4 is 5.78 Å². The van der Waals surface area contributed by atoms with Gasteiger partial charge in [0.25, 0.3) is 0 Å². The van der Waals surface area contributed by atoms with Crippen LogP contribution in [0.1, 0.15) is 38.0 Å². The summed E-state index contributed by atoms with van der Waals surface area (Å²) in [6, 6.07) is 3.44. The first-order valence-electron chi connectivity index (χ1n) is 6.17. The lowest BCUT2D eigenvalue weighted by atomic mass is 9.84. The molecule has 1 aromatic carbocycles. The molecule has 0 aliphatic rings. The van der Waals surface area contributed by atoms with Gasteiger partial charge < -0.3 is 14.6 Å². The standard InChI is InChI=1S/C15H22O4/c1-9-7-10(18-5)8-11(19-6)12(9)13(16)14(17)15(2,3)4/h7-8,13,16H,1-6H3. The summed E-state index contributed by atoms with van der Waals surface area (Å²) in [5.74, 6) is 0.856. The highest BCUT2D eigenvalue weighted by atomic mass is 16.5. The molecule has 1 rings (SSSR count). The molecule has 0 radical (unpaired) electrons. The van der Waals surface area contributed by atoms with E-state index in [0.29, 0.717) is 17.1 Å². The van der Waals surface area contributed by atoms with Crippen LogP contribution in [-0.4, -0.2) is 25.1 Å². The number of hydrogen-bond donors (Lipinski definition) is 1. The molecule has 0 aromatic heterocycles. The minimum absolute atomic E-state index is 0.237. The quantitative estimate of drug-likeness (QED) is 0.910. The fourth-order valence-corrected chi connectivity index (χ4v) is 1.91. The highest BCUT2D eigenvalue weighted by molar-refractivity contribution is 5.89. The van der Waals surface area contributed by atoms with Gasteiger partial charge >= 0.3 is 0 Å². The van der Waals surface area contributed by atoms with Gasteiger partial charge in [-0.3, -0.25) is 4.79 Å². The van der Waals surface area contributed by atoms with E-state index in [1.165, 1.54) is 7.11 Å². The Bertz CT molecular complexity index is 472. The van der Waals surface area contributed by atoms with E-state index < -0.39 is 11.5 Å². The second-order valence-electron chi connectivity index (χ2n) is 5.58. The van der Waals surface area contributed by atoms with Crippen molar-refractivity contribution in [2.24, 2.45) is 5.41 Å². The molecule has 0 aliphatic heterocycles. The molecule has 0 spiro atoms. The van der Waals surface area contributed by atoms with Crippen LogP contribution in [0.3, 0.4) is 0 Å². The smallest absolute Gasteiger partial charge is 0.171 e. The monoisotopic (exact) mass is 266 g/mol. The summed E-state index contributed by atoms with van der Waals surface area (Å²) < 4.78 is 10.4. The van der Waals surface area contributed by atoms with Crippen LogP contribution >= 0.6 is 0 Å². The number of ketones is 1. The highest BCUT2D eigenvalue weighted by Gasteiger charge is 2.32. The average molecular weight is 266 g/mol. The van der Waals surface area contributed by atoms with Gasteiger partial charge in [-0.15, -0.1) is 0 Å². The van der Waals surface area contributed by atoms with Gasteiger partial charge in [0.15, 0.2) is 5.78 Å². The zero-order valence-corrected chi connectivity index (χ0v) is 12.4. The molecule has 0 bridgehead atoms. The minimum atomic E-state index is -1.19. The summed E-state index contributed by atoms with van der Waals surface area (Å²) in [7, 11) is 3.07. The molecule has 19 heavy (non-hydrogen) atoms. The highest BCUT2D eigenvalue weighted by Crippen LogP contribution is 2.36. The third-order valence-electron chi connectivity index (χ3n) is 3.04. The van der Waals surface area contributed by atoms with Gasteiger partial charge in [0.05, 0.1) is 14.2 Å². The van der Waals surface area contributed by atoms with Crippen LogP contribution in [-0.2, 0) is 4.79 Å². The fraction of sp³-hybridized carbons (Fsp3) is 0.533. The van der Waals surface area contributed by atoms with Crippen molar-refractivity contribution in [3.8, 4) is 11.5 Å². The molecule has 1 N–H and O–H groups in total. The van der Waals surface area contributed by atoms with Crippen molar-refractivity contribution in [2.75, 3.05) is 14.2 Å². The van der Waals surface area contributed by atoms with Gasteiger partial charge in [0, 0.05) is 17.0 Å². The molecule has 4 nitrogen and oxygen atoms in total. The van der Waals surface area contributed by atoms with Crippen molar-refractivity contribution in [3.63, 3.8) is 0 Å². The Labute approximate surface area is 114 Å². The Hall–Kier alpha value is -1.55. The lowest BCUT2D eigenvalue weighted by Crippen LogP contribution is -2.27. The van der Waals surface area contributed by atoms with Gasteiger partial charge in [-0.25, -0.2) is 0 Å². The van der Waals surface area contributed by atoms with Gasteiger partial charge in [-0.05, 0) is 18.6 Å². The number of carbonyl (C=O) groups excluding carboxylic acids is 1. The van der Waals surface area contributed by atoms with Gasteiger partial charge in [0.1, 0.15) is 17.6 Å². The topological polar surface area (TPSA) is 55.8 Å². The van der Waals surface area contributed by atoms with E-state index in [1.54, 1.807) is 40.0 Å². The van der Waals surface area contributed by atoms with Crippen molar-refractivity contribution in [1.29, 1.82) is 0 Å². The van der Waals surface area contributed by atoms with Gasteiger partial charge in [-0.2, -0.15) is 0 Å². The summed E-state index contributed by atoms with van der Waals surface area (Å²) in [6.45, 7) is 7.16. The third kappa shape index (κ3) is 3.26. The van der Waals surface area contributed by atoms with Crippen molar-refractivity contribution < 1.29 is 19.4 Å². The molecule has 1 aromatic rings. The number of aliphatic hydroxyl groups excluding tert-OH is 1. The molecule has 0 fully saturated rings. The first-order valence-corrected chi connectivity index (χ1v) is 6.17. The molecule has 0 aliphatic carbocycles. The molecule has 4 heteroatoms. The zero-order valence-electron chi connectivity index (χ0n) is 12.4. The number of ether oxygens (including phenoxy) is 2. The van der Waals surface area contributed by atoms with Crippen LogP contribution in [0.15, 0.2) is 12.1 Å². The maximum Gasteiger partial charge on any atom is 0.171 e. The predicted octanol–water partition coefficient (Wildman–Crippen LogP) is 2.66. The Morgan fingerprint density at radius 2 is 1.79 bits per heavy atom. The lowest BCUT2D eigenvalue weighted by Gasteiger charge is -2.24. The van der Waals surface area contributed by atoms with Gasteiger partial charge in [0.2, 0.25) is 0 Å². The first-order chi connectivity index (χ1) is 8.72. The van der Waals surface area contributed by atoms with Crippen LogP contribution < -0.4 is 9.47 Å². The third-order valence-corrected chi connectivity index (χ3v) is 3.04. The number of rotatable bonds is 4. The molecule has 1 unspecified atom stereocenters. The molecule has 0 saturated heterocycles. The summed E-state index contributed by atoms with van der Waals surface area (Å²) in [6.07, 6.45) is -1.19. The van der Waals surface area contributed by atoms with Crippen LogP contribution in [0.4, 0.5) is 0 Å². The summed E-state index contributed by atoms with van der Waals surface area (Å²) >= 11 is 0. The zero-order chi connectivity index (χ0) is 14.8. The van der Waals surface area contributed by atoms with E-state index in [2.05, 4.69) is 0 Å². The van der Waals surface area contributed by atoms with Crippen molar-refractivity contribution in [1.82, 2.24) is 0 Å². The van der Waals surface area contributed by atoms with Gasteiger partial charge in [-0.1, -0.05) is 20.8 Å². The van der Waals surface area contributed by atoms with E-state index in [-0.39, 0.29) is 5.78 Å². The fourth-order valence-electron chi connectivity index (χ4n) is 1.91. The lowest BCUT2D eigenvalue weighted by molar-refractivity contribution is -0.135. The second kappa shape index (κ2) is 5.61. The average Bonchev–Trinajstić information content (AvgIpc) is 2.34. The Kier molecular flexibility index (Phi) is 4.58. The Morgan fingerprint density at radius 3 is 2.21 bits per heavy atom. The Balaban J connectivity index is 3.30. The first kappa shape index (κ1) is 15.5. The number of carbonyl (C=O) groups is 1. The molecular formula is C15H22O4. The van der Waals surface area contributed by atoms with Crippen LogP contribution in [0, 0.1) is 12.3 Å². The molecule has 0 saturated carbocycles.